The van der Waals surface area contributed by atoms with Gasteiger partial charge in [0, 0.05) is 30.7 Å². The monoisotopic (exact) mass is 576 g/mol. The molecule has 0 saturated carbocycles. The van der Waals surface area contributed by atoms with Crippen LogP contribution in [0.5, 0.6) is 11.5 Å². The summed E-state index contributed by atoms with van der Waals surface area (Å²) in [4.78, 5) is 17.3. The number of nitrogens with zero attached hydrogens (tertiary/aromatic N) is 2. The Hall–Kier alpha value is -4.27. The first-order valence-corrected chi connectivity index (χ1v) is 13.2. The first-order valence-electron chi connectivity index (χ1n) is 12.4. The average molecular weight is 577 g/mol. The van der Waals surface area contributed by atoms with Crippen LogP contribution in [0.1, 0.15) is 33.2 Å². The molecule has 2 N–H and O–H groups in total. The Bertz CT molecular complexity index is 1620. The molecule has 5 aromatic rings. The van der Waals surface area contributed by atoms with Crippen LogP contribution in [0.2, 0.25) is 10.0 Å². The van der Waals surface area contributed by atoms with Crippen LogP contribution in [-0.2, 0) is 17.7 Å². The quantitative estimate of drug-likeness (QED) is 0.172. The van der Waals surface area contributed by atoms with Gasteiger partial charge in [-0.1, -0.05) is 53.5 Å². The van der Waals surface area contributed by atoms with Crippen molar-refractivity contribution in [1.82, 2.24) is 15.2 Å². The van der Waals surface area contributed by atoms with Crippen LogP contribution in [0.4, 0.5) is 5.69 Å². The summed E-state index contributed by atoms with van der Waals surface area (Å²) in [5.74, 6) is 0.586. The predicted molar refractivity (Wildman–Crippen MR) is 156 cm³/mol. The van der Waals surface area contributed by atoms with Gasteiger partial charge in [-0.15, -0.1) is 0 Å². The molecular formula is C30H26Cl2N4O4. The number of para-hydroxylation sites is 1. The number of pyridine rings is 1. The van der Waals surface area contributed by atoms with Crippen LogP contribution in [0.15, 0.2) is 79.3 Å². The Morgan fingerprint density at radius 3 is 2.42 bits per heavy atom. The molecule has 0 bridgehead atoms. The molecule has 3 aromatic carbocycles. The van der Waals surface area contributed by atoms with Crippen molar-refractivity contribution in [2.24, 2.45) is 0 Å². The molecule has 0 aliphatic rings. The van der Waals surface area contributed by atoms with Crippen LogP contribution in [0, 0.1) is 0 Å². The Labute approximate surface area is 241 Å². The highest BCUT2D eigenvalue weighted by Crippen LogP contribution is 2.35. The van der Waals surface area contributed by atoms with Crippen molar-refractivity contribution in [2.75, 3.05) is 19.5 Å². The molecule has 0 fully saturated rings. The summed E-state index contributed by atoms with van der Waals surface area (Å²) in [5, 5.41) is 12.3. The number of halogens is 2. The van der Waals surface area contributed by atoms with Gasteiger partial charge in [0.05, 0.1) is 47.2 Å². The van der Waals surface area contributed by atoms with Crippen molar-refractivity contribution in [3.05, 3.63) is 112 Å². The molecule has 40 heavy (non-hydrogen) atoms. The van der Waals surface area contributed by atoms with Crippen molar-refractivity contribution in [3.8, 4) is 11.5 Å². The summed E-state index contributed by atoms with van der Waals surface area (Å²) in [6.45, 7) is 0.570. The van der Waals surface area contributed by atoms with Gasteiger partial charge < -0.3 is 19.5 Å². The van der Waals surface area contributed by atoms with Gasteiger partial charge in [-0.3, -0.25) is 10.1 Å². The number of aromatic nitrogens is 3. The third-order valence-corrected chi connectivity index (χ3v) is 7.17. The molecule has 0 radical (unpaired) electrons. The molecule has 0 aliphatic carbocycles. The zero-order valence-corrected chi connectivity index (χ0v) is 23.3. The fourth-order valence-electron chi connectivity index (χ4n) is 4.37. The maximum absolute atomic E-state index is 13.3. The van der Waals surface area contributed by atoms with E-state index in [1.54, 1.807) is 44.7 Å². The predicted octanol–water partition coefficient (Wildman–Crippen LogP) is 7.03. The van der Waals surface area contributed by atoms with Gasteiger partial charge in [-0.05, 0) is 47.0 Å². The second-order valence-corrected chi connectivity index (χ2v) is 9.80. The lowest BCUT2D eigenvalue weighted by Gasteiger charge is -2.21. The topological polar surface area (TPSA) is 98.4 Å². The Morgan fingerprint density at radius 1 is 0.950 bits per heavy atom. The van der Waals surface area contributed by atoms with Crippen LogP contribution in [-0.4, -0.2) is 35.4 Å². The highest BCUT2D eigenvalue weighted by molar-refractivity contribution is 6.35. The van der Waals surface area contributed by atoms with Crippen LogP contribution in [0.3, 0.4) is 0 Å². The number of rotatable bonds is 10. The molecule has 0 unspecified atom stereocenters. The number of hydrogen-bond donors (Lipinski definition) is 2. The fraction of sp³-hybridized carbons (Fsp3) is 0.167. The zero-order chi connectivity index (χ0) is 28.1. The molecule has 0 aliphatic heterocycles. The van der Waals surface area contributed by atoms with Gasteiger partial charge in [-0.25, -0.2) is 4.79 Å². The number of benzene rings is 3. The average Bonchev–Trinajstić information content (AvgIpc) is 3.47. The standard InChI is InChI=1S/C30H26Cl2N4O4/c1-38-26-11-10-20(12-28(26)39-2)27(13-22-23(31)16-33-17-24(22)32)40-30(37)19-8-6-18(7-9-19)14-34-25-5-3-4-21-15-35-36-29(21)25/h3-12,15-17,27,34H,13-14H2,1-2H3,(H,35,36)/t27-/m0/s1. The number of hydrogen-bond acceptors (Lipinski definition) is 7. The van der Waals surface area contributed by atoms with Gasteiger partial charge in [0.15, 0.2) is 11.5 Å². The lowest BCUT2D eigenvalue weighted by molar-refractivity contribution is 0.0297. The largest absolute Gasteiger partial charge is 0.493 e. The number of H-pyrrole nitrogens is 1. The van der Waals surface area contributed by atoms with E-state index < -0.39 is 12.1 Å². The Kier molecular flexibility index (Phi) is 8.38. The third-order valence-electron chi connectivity index (χ3n) is 6.52. The third kappa shape index (κ3) is 5.98. The van der Waals surface area contributed by atoms with Crippen molar-refractivity contribution in [2.45, 2.75) is 19.1 Å². The number of anilines is 1. The first-order chi connectivity index (χ1) is 19.5. The minimum atomic E-state index is -0.707. The number of methoxy groups -OCH3 is 2. The Balaban J connectivity index is 1.34. The number of esters is 1. The highest BCUT2D eigenvalue weighted by atomic mass is 35.5. The van der Waals surface area contributed by atoms with Gasteiger partial charge in [0.2, 0.25) is 0 Å². The van der Waals surface area contributed by atoms with Crippen molar-refractivity contribution < 1.29 is 19.0 Å². The first kappa shape index (κ1) is 27.3. The molecular weight excluding hydrogens is 551 g/mol. The molecule has 8 nitrogen and oxygen atoms in total. The molecule has 204 valence electrons. The maximum Gasteiger partial charge on any atom is 0.338 e. The minimum Gasteiger partial charge on any atom is -0.493 e. The number of carbonyl (C=O) groups excluding carboxylic acids is 1. The van der Waals surface area contributed by atoms with E-state index in [9.17, 15) is 4.79 Å². The van der Waals surface area contributed by atoms with E-state index in [0.717, 1.165) is 22.2 Å². The Morgan fingerprint density at radius 2 is 1.70 bits per heavy atom. The smallest absolute Gasteiger partial charge is 0.338 e. The summed E-state index contributed by atoms with van der Waals surface area (Å²) in [6.07, 6.45) is 4.34. The SMILES string of the molecule is COc1ccc([C@H](Cc2c(Cl)cncc2Cl)OC(=O)c2ccc(CNc3cccc4cn[nH]c34)cc2)cc1OC. The van der Waals surface area contributed by atoms with Crippen molar-refractivity contribution in [3.63, 3.8) is 0 Å². The van der Waals surface area contributed by atoms with E-state index in [1.807, 2.05) is 36.4 Å². The molecule has 0 saturated heterocycles. The van der Waals surface area contributed by atoms with E-state index in [1.165, 1.54) is 12.4 Å². The van der Waals surface area contributed by atoms with E-state index in [-0.39, 0.29) is 6.42 Å². The maximum atomic E-state index is 13.3. The van der Waals surface area contributed by atoms with Gasteiger partial charge in [0.25, 0.3) is 0 Å². The molecule has 5 rings (SSSR count). The molecule has 0 spiro atoms. The van der Waals surface area contributed by atoms with Gasteiger partial charge in [-0.2, -0.15) is 5.10 Å². The van der Waals surface area contributed by atoms with Crippen molar-refractivity contribution in [1.29, 1.82) is 0 Å². The summed E-state index contributed by atoms with van der Waals surface area (Å²) >= 11 is 12.8. The summed E-state index contributed by atoms with van der Waals surface area (Å²) in [7, 11) is 3.10. The number of nitrogens with one attached hydrogen (secondary N) is 2. The second-order valence-electron chi connectivity index (χ2n) is 8.98. The van der Waals surface area contributed by atoms with Crippen molar-refractivity contribution >= 4 is 45.8 Å². The fourth-order valence-corrected chi connectivity index (χ4v) is 4.89. The number of ether oxygens (including phenoxy) is 3. The molecule has 0 amide bonds. The van der Waals surface area contributed by atoms with E-state index >= 15 is 0 Å². The van der Waals surface area contributed by atoms with Crippen LogP contribution >= 0.6 is 23.2 Å². The van der Waals surface area contributed by atoms with Crippen LogP contribution in [0.25, 0.3) is 10.9 Å². The summed E-state index contributed by atoms with van der Waals surface area (Å²) in [6, 6.07) is 18.6. The summed E-state index contributed by atoms with van der Waals surface area (Å²) in [5.41, 5.74) is 4.63. The minimum absolute atomic E-state index is 0.239. The lowest BCUT2D eigenvalue weighted by Crippen LogP contribution is -2.15. The highest BCUT2D eigenvalue weighted by Gasteiger charge is 2.23. The van der Waals surface area contributed by atoms with Gasteiger partial charge in [0.1, 0.15) is 6.10 Å². The molecule has 2 aromatic heterocycles. The molecule has 1 atom stereocenters. The number of fused-ring (bicyclic) bond motifs is 1. The number of carbonyl (C=O) groups is 1. The molecule has 10 heteroatoms. The summed E-state index contributed by atoms with van der Waals surface area (Å²) < 4.78 is 16.8. The number of aromatic amines is 1. The van der Waals surface area contributed by atoms with E-state index in [2.05, 4.69) is 20.5 Å². The van der Waals surface area contributed by atoms with Gasteiger partial charge >= 0.3 is 5.97 Å². The lowest BCUT2D eigenvalue weighted by atomic mass is 10.0. The van der Waals surface area contributed by atoms with E-state index in [4.69, 9.17) is 37.4 Å². The second kappa shape index (κ2) is 12.3. The van der Waals surface area contributed by atoms with E-state index in [0.29, 0.717) is 44.8 Å². The van der Waals surface area contributed by atoms with Crippen LogP contribution < -0.4 is 14.8 Å². The molecule has 2 heterocycles. The zero-order valence-electron chi connectivity index (χ0n) is 21.8. The normalized spacial score (nSPS) is 11.7.